The molecule has 28 heavy (non-hydrogen) atoms. The first-order valence-electron chi connectivity index (χ1n) is 9.00. The zero-order valence-corrected chi connectivity index (χ0v) is 17.4. The predicted molar refractivity (Wildman–Crippen MR) is 118 cm³/mol. The number of aryl methyl sites for hydroxylation is 2. The Balaban J connectivity index is 2.41. The molecule has 0 aliphatic heterocycles. The average molecular weight is 397 g/mol. The number of benzene rings is 2. The number of phenolic OH excluding ortho intramolecular Hbond substituents is 1. The first kappa shape index (κ1) is 21.5. The first-order chi connectivity index (χ1) is 13.1. The highest BCUT2D eigenvalue weighted by molar-refractivity contribution is 6.33. The van der Waals surface area contributed by atoms with E-state index in [1.165, 1.54) is 6.07 Å². The van der Waals surface area contributed by atoms with Crippen molar-refractivity contribution in [2.75, 3.05) is 5.32 Å². The topological polar surface area (TPSA) is 73.2 Å². The molecule has 2 rings (SSSR count). The molecular weight excluding hydrogens is 372 g/mol. The van der Waals surface area contributed by atoms with Crippen molar-refractivity contribution in [3.05, 3.63) is 69.8 Å². The summed E-state index contributed by atoms with van der Waals surface area (Å²) < 4.78 is 0. The number of anilines is 1. The van der Waals surface area contributed by atoms with Gasteiger partial charge in [-0.25, -0.2) is 0 Å². The van der Waals surface area contributed by atoms with Gasteiger partial charge in [0.1, 0.15) is 5.75 Å². The molecule has 0 aliphatic carbocycles. The number of carbonyl (C=O) groups is 1. The van der Waals surface area contributed by atoms with Crippen LogP contribution in [0.4, 0.5) is 5.69 Å². The summed E-state index contributed by atoms with van der Waals surface area (Å²) in [6, 6.07) is 8.80. The molecule has 2 aromatic carbocycles. The summed E-state index contributed by atoms with van der Waals surface area (Å²) in [6.45, 7) is 11.3. The van der Waals surface area contributed by atoms with Crippen molar-refractivity contribution in [3.8, 4) is 5.75 Å². The molecule has 2 aromatic rings. The highest BCUT2D eigenvalue weighted by atomic mass is 35.5. The van der Waals surface area contributed by atoms with Crippen LogP contribution in [0.15, 0.2) is 42.5 Å². The van der Waals surface area contributed by atoms with Crippen LogP contribution >= 0.6 is 11.6 Å². The fourth-order valence-electron chi connectivity index (χ4n) is 2.88. The minimum Gasteiger partial charge on any atom is -0.508 e. The number of phenols is 1. The summed E-state index contributed by atoms with van der Waals surface area (Å²) in [5.41, 5.74) is 5.22. The van der Waals surface area contributed by atoms with Gasteiger partial charge in [0.25, 0.3) is 5.91 Å². The van der Waals surface area contributed by atoms with Crippen LogP contribution in [-0.4, -0.2) is 16.7 Å². The summed E-state index contributed by atoms with van der Waals surface area (Å²) in [5.74, 6) is -0.277. The van der Waals surface area contributed by atoms with Gasteiger partial charge in [0, 0.05) is 11.4 Å². The van der Waals surface area contributed by atoms with E-state index in [1.54, 1.807) is 19.1 Å². The van der Waals surface area contributed by atoms with Crippen LogP contribution < -0.4 is 5.32 Å². The van der Waals surface area contributed by atoms with Crippen molar-refractivity contribution in [1.29, 1.82) is 5.41 Å². The van der Waals surface area contributed by atoms with E-state index in [-0.39, 0.29) is 17.0 Å². The van der Waals surface area contributed by atoms with Gasteiger partial charge in [-0.15, -0.1) is 0 Å². The smallest absolute Gasteiger partial charge is 0.257 e. The molecule has 4 nitrogen and oxygen atoms in total. The Labute approximate surface area is 171 Å². The van der Waals surface area contributed by atoms with Crippen molar-refractivity contribution >= 4 is 40.6 Å². The molecule has 3 N–H and O–H groups in total. The summed E-state index contributed by atoms with van der Waals surface area (Å²) in [6.07, 6.45) is 2.20. The third kappa shape index (κ3) is 4.90. The van der Waals surface area contributed by atoms with Crippen LogP contribution in [0, 0.1) is 12.3 Å². The number of rotatable bonds is 6. The fourth-order valence-corrected chi connectivity index (χ4v) is 3.09. The molecular formula is C23H25ClN2O2. The van der Waals surface area contributed by atoms with Crippen molar-refractivity contribution in [2.24, 2.45) is 0 Å². The van der Waals surface area contributed by atoms with E-state index in [0.717, 1.165) is 22.3 Å². The molecule has 0 saturated carbocycles. The number of hydrogen-bond acceptors (Lipinski definition) is 3. The lowest BCUT2D eigenvalue weighted by Gasteiger charge is -2.12. The minimum atomic E-state index is -0.397. The zero-order valence-electron chi connectivity index (χ0n) is 16.6. The molecule has 0 spiro atoms. The quantitative estimate of drug-likeness (QED) is 0.413. The molecule has 0 aromatic heterocycles. The van der Waals surface area contributed by atoms with Crippen LogP contribution in [-0.2, 0) is 11.2 Å². The molecule has 0 unspecified atom stereocenters. The van der Waals surface area contributed by atoms with E-state index < -0.39 is 5.91 Å². The van der Waals surface area contributed by atoms with Gasteiger partial charge in [0.2, 0.25) is 0 Å². The number of halogens is 1. The number of hydrogen-bond donors (Lipinski definition) is 3. The molecule has 0 radical (unpaired) electrons. The van der Waals surface area contributed by atoms with Crippen LogP contribution in [0.3, 0.4) is 0 Å². The third-order valence-electron chi connectivity index (χ3n) is 4.48. The van der Waals surface area contributed by atoms with Crippen LogP contribution in [0.1, 0.15) is 43.0 Å². The number of nitrogens with one attached hydrogen (secondary N) is 2. The number of allylic oxidation sites excluding steroid dienone is 1. The summed E-state index contributed by atoms with van der Waals surface area (Å²) in [5, 5.41) is 21.1. The third-order valence-corrected chi connectivity index (χ3v) is 4.81. The van der Waals surface area contributed by atoms with Gasteiger partial charge in [-0.1, -0.05) is 36.7 Å². The molecule has 0 bridgehead atoms. The summed E-state index contributed by atoms with van der Waals surface area (Å²) >= 11 is 6.23. The van der Waals surface area contributed by atoms with Crippen molar-refractivity contribution in [3.63, 3.8) is 0 Å². The van der Waals surface area contributed by atoms with Crippen LogP contribution in [0.5, 0.6) is 5.75 Å². The van der Waals surface area contributed by atoms with Crippen molar-refractivity contribution < 1.29 is 9.90 Å². The lowest BCUT2D eigenvalue weighted by Crippen LogP contribution is -2.18. The Hall–Kier alpha value is -2.85. The van der Waals surface area contributed by atoms with Crippen LogP contribution in [0.25, 0.3) is 11.6 Å². The highest BCUT2D eigenvalue weighted by Gasteiger charge is 2.15. The number of carbonyl (C=O) groups excluding carboxylic acids is 1. The summed E-state index contributed by atoms with van der Waals surface area (Å²) in [4.78, 5) is 12.8. The lowest BCUT2D eigenvalue weighted by molar-refractivity contribution is -0.112. The maximum Gasteiger partial charge on any atom is 0.257 e. The Bertz CT molecular complexity index is 990. The monoisotopic (exact) mass is 396 g/mol. The van der Waals surface area contributed by atoms with E-state index in [0.29, 0.717) is 22.7 Å². The molecule has 0 aliphatic rings. The SMILES string of the molecule is C=C(C)c1cc(NC(=O)/C(=C/c2cc(CC)c(O)cc2Cl)C(C)=N)ccc1C. The molecule has 0 heterocycles. The average Bonchev–Trinajstić information content (AvgIpc) is 2.62. The van der Waals surface area contributed by atoms with Gasteiger partial charge in [0.15, 0.2) is 0 Å². The van der Waals surface area contributed by atoms with E-state index >= 15 is 0 Å². The van der Waals surface area contributed by atoms with Gasteiger partial charge >= 0.3 is 0 Å². The van der Waals surface area contributed by atoms with Gasteiger partial charge in [0.05, 0.1) is 10.6 Å². The second kappa shape index (κ2) is 8.89. The molecule has 146 valence electrons. The van der Waals surface area contributed by atoms with Gasteiger partial charge in [-0.2, -0.15) is 0 Å². The molecule has 0 atom stereocenters. The Morgan fingerprint density at radius 3 is 2.54 bits per heavy atom. The van der Waals surface area contributed by atoms with Gasteiger partial charge < -0.3 is 15.8 Å². The van der Waals surface area contributed by atoms with E-state index in [2.05, 4.69) is 11.9 Å². The first-order valence-corrected chi connectivity index (χ1v) is 9.38. The fraction of sp³-hybridized carbons (Fsp3) is 0.217. The minimum absolute atomic E-state index is 0.118. The van der Waals surface area contributed by atoms with E-state index in [4.69, 9.17) is 17.0 Å². The normalized spacial score (nSPS) is 11.2. The van der Waals surface area contributed by atoms with Gasteiger partial charge in [-0.05, 0) is 79.8 Å². The maximum atomic E-state index is 12.8. The van der Waals surface area contributed by atoms with Crippen molar-refractivity contribution in [1.82, 2.24) is 0 Å². The number of aromatic hydroxyl groups is 1. The van der Waals surface area contributed by atoms with Crippen LogP contribution in [0.2, 0.25) is 5.02 Å². The standard InChI is InChI=1S/C23H25ClN2O2/c1-6-16-9-17(21(24)12-22(16)27)10-20(15(5)25)23(28)26-18-8-7-14(4)19(11-18)13(2)3/h7-12,25,27H,2,6H2,1,3-5H3,(H,26,28)/b20-10+,25-15?. The van der Waals surface area contributed by atoms with E-state index in [9.17, 15) is 9.90 Å². The highest BCUT2D eigenvalue weighted by Crippen LogP contribution is 2.29. The Morgan fingerprint density at radius 1 is 1.29 bits per heavy atom. The summed E-state index contributed by atoms with van der Waals surface area (Å²) in [7, 11) is 0. The Kier molecular flexibility index (Phi) is 6.81. The Morgan fingerprint density at radius 2 is 1.96 bits per heavy atom. The molecule has 0 saturated heterocycles. The largest absolute Gasteiger partial charge is 0.508 e. The van der Waals surface area contributed by atoms with Gasteiger partial charge in [-0.3, -0.25) is 4.79 Å². The molecule has 5 heteroatoms. The zero-order chi connectivity index (χ0) is 21.0. The second-order valence-electron chi connectivity index (χ2n) is 6.80. The maximum absolute atomic E-state index is 12.8. The predicted octanol–water partition coefficient (Wildman–Crippen LogP) is 6.01. The second-order valence-corrected chi connectivity index (χ2v) is 7.21. The number of amides is 1. The van der Waals surface area contributed by atoms with E-state index in [1.807, 2.05) is 39.0 Å². The molecule has 1 amide bonds. The van der Waals surface area contributed by atoms with Crippen molar-refractivity contribution in [2.45, 2.75) is 34.1 Å². The lowest BCUT2D eigenvalue weighted by atomic mass is 10.0. The molecule has 0 fully saturated rings.